The van der Waals surface area contributed by atoms with Gasteiger partial charge in [0.25, 0.3) is 5.91 Å². The molecular weight excluding hydrogens is 564 g/mol. The van der Waals surface area contributed by atoms with Crippen molar-refractivity contribution in [3.8, 4) is 11.5 Å². The van der Waals surface area contributed by atoms with Crippen LogP contribution in [0.5, 0.6) is 11.5 Å². The Morgan fingerprint density at radius 2 is 1.92 bits per heavy atom. The van der Waals surface area contributed by atoms with Crippen LogP contribution in [-0.2, 0) is 12.8 Å². The number of hydrogen-bond acceptors (Lipinski definition) is 6. The van der Waals surface area contributed by atoms with E-state index in [0.717, 1.165) is 47.4 Å². The van der Waals surface area contributed by atoms with Gasteiger partial charge < -0.3 is 20.1 Å². The van der Waals surface area contributed by atoms with Gasteiger partial charge in [-0.15, -0.1) is 11.3 Å². The zero-order chi connectivity index (χ0) is 27.2. The highest BCUT2D eigenvalue weighted by atomic mass is 79.9. The van der Waals surface area contributed by atoms with Crippen molar-refractivity contribution < 1.29 is 19.1 Å². The molecule has 0 unspecified atom stereocenters. The summed E-state index contributed by atoms with van der Waals surface area (Å²) in [6.07, 6.45) is 3.78. The highest BCUT2D eigenvalue weighted by Crippen LogP contribution is 2.47. The molecule has 1 amide bonds. The summed E-state index contributed by atoms with van der Waals surface area (Å²) in [5.74, 6) is 0.778. The maximum atomic E-state index is 13.3. The third-order valence-corrected chi connectivity index (χ3v) is 9.90. The maximum Gasteiger partial charge on any atom is 0.343 e. The van der Waals surface area contributed by atoms with Crippen molar-refractivity contribution in [2.45, 2.75) is 59.5 Å². The monoisotopic (exact) mass is 596 g/mol. The Morgan fingerprint density at radius 1 is 1.18 bits per heavy atom. The minimum absolute atomic E-state index is 0.0561. The van der Waals surface area contributed by atoms with Gasteiger partial charge in [0.05, 0.1) is 22.7 Å². The van der Waals surface area contributed by atoms with Gasteiger partial charge in [-0.1, -0.05) is 44.9 Å². The Bertz CT molecular complexity index is 1400. The molecule has 38 heavy (non-hydrogen) atoms. The summed E-state index contributed by atoms with van der Waals surface area (Å²) in [6.45, 7) is 8.92. The zero-order valence-corrected chi connectivity index (χ0v) is 24.8. The van der Waals surface area contributed by atoms with Crippen molar-refractivity contribution >= 4 is 44.1 Å². The highest BCUT2D eigenvalue weighted by Gasteiger charge is 2.37. The molecule has 2 heterocycles. The molecule has 0 radical (unpaired) electrons. The molecule has 1 aliphatic carbocycles. The first-order valence-corrected chi connectivity index (χ1v) is 14.6. The lowest BCUT2D eigenvalue weighted by Gasteiger charge is -2.36. The van der Waals surface area contributed by atoms with Gasteiger partial charge in [-0.3, -0.25) is 4.79 Å². The van der Waals surface area contributed by atoms with Gasteiger partial charge >= 0.3 is 5.97 Å². The number of carbonyl (C=O) groups excluding carboxylic acids is 2. The molecule has 0 saturated carbocycles. The lowest BCUT2D eigenvalue weighted by atomic mass is 9.69. The van der Waals surface area contributed by atoms with Crippen LogP contribution in [0.25, 0.3) is 0 Å². The quantitative estimate of drug-likeness (QED) is 0.228. The lowest BCUT2D eigenvalue weighted by molar-refractivity contribution is 0.0728. The molecular formula is C30H33BrN2O4S. The summed E-state index contributed by atoms with van der Waals surface area (Å²) < 4.78 is 11.8. The van der Waals surface area contributed by atoms with Gasteiger partial charge in [-0.2, -0.15) is 0 Å². The van der Waals surface area contributed by atoms with Crippen LogP contribution in [0.15, 0.2) is 40.9 Å². The summed E-state index contributed by atoms with van der Waals surface area (Å²) in [7, 11) is 1.53. The second kappa shape index (κ2) is 10.4. The smallest absolute Gasteiger partial charge is 0.343 e. The number of methoxy groups -OCH3 is 1. The average Bonchev–Trinajstić information content (AvgIpc) is 3.28. The molecule has 8 heteroatoms. The third kappa shape index (κ3) is 4.96. The second-order valence-corrected chi connectivity index (χ2v) is 12.8. The molecule has 1 aliphatic heterocycles. The topological polar surface area (TPSA) is 76.7 Å². The van der Waals surface area contributed by atoms with Gasteiger partial charge in [-0.05, 0) is 88.8 Å². The Hall–Kier alpha value is -2.84. The minimum atomic E-state index is -0.473. The van der Waals surface area contributed by atoms with Gasteiger partial charge in [0.1, 0.15) is 11.2 Å². The molecule has 5 rings (SSSR count). The molecule has 1 aromatic heterocycles. The SMILES string of the molecule is CCC(C)(C)[C@@H]1CCc2c(sc3c2C(=O)N[C@@H](c2cc(Br)c(OC(=O)c4ccc(C)cc4)c(OC)c2)N3)C1. The van der Waals surface area contributed by atoms with Crippen LogP contribution in [0, 0.1) is 18.3 Å². The molecule has 2 aromatic carbocycles. The number of amides is 1. The van der Waals surface area contributed by atoms with Crippen molar-refractivity contribution in [3.05, 3.63) is 73.6 Å². The number of carbonyl (C=O) groups is 2. The first-order valence-electron chi connectivity index (χ1n) is 13.0. The number of ether oxygens (including phenoxy) is 2. The highest BCUT2D eigenvalue weighted by molar-refractivity contribution is 9.10. The number of fused-ring (bicyclic) bond motifs is 3. The summed E-state index contributed by atoms with van der Waals surface area (Å²) in [5, 5.41) is 7.58. The van der Waals surface area contributed by atoms with Crippen LogP contribution in [0.4, 0.5) is 5.00 Å². The number of benzene rings is 2. The molecule has 3 aromatic rings. The van der Waals surface area contributed by atoms with E-state index < -0.39 is 12.1 Å². The Labute approximate surface area is 236 Å². The lowest BCUT2D eigenvalue weighted by Crippen LogP contribution is -2.38. The van der Waals surface area contributed by atoms with Gasteiger partial charge in [0, 0.05) is 4.88 Å². The van der Waals surface area contributed by atoms with Crippen LogP contribution in [0.3, 0.4) is 0 Å². The van der Waals surface area contributed by atoms with Crippen molar-refractivity contribution in [1.82, 2.24) is 5.32 Å². The molecule has 6 nitrogen and oxygen atoms in total. The molecule has 0 saturated heterocycles. The van der Waals surface area contributed by atoms with E-state index in [4.69, 9.17) is 9.47 Å². The molecule has 2 atom stereocenters. The number of esters is 1. The number of nitrogens with one attached hydrogen (secondary N) is 2. The first kappa shape index (κ1) is 26.8. The van der Waals surface area contributed by atoms with Crippen LogP contribution >= 0.6 is 27.3 Å². The third-order valence-electron chi connectivity index (χ3n) is 8.13. The van der Waals surface area contributed by atoms with E-state index in [1.54, 1.807) is 29.5 Å². The normalized spacial score (nSPS) is 18.6. The fraction of sp³-hybridized carbons (Fsp3) is 0.400. The predicted molar refractivity (Wildman–Crippen MR) is 155 cm³/mol. The number of aryl methyl sites for hydroxylation is 1. The second-order valence-electron chi connectivity index (χ2n) is 10.8. The number of hydrogen-bond donors (Lipinski definition) is 2. The van der Waals surface area contributed by atoms with Crippen molar-refractivity contribution in [2.24, 2.45) is 11.3 Å². The van der Waals surface area contributed by atoms with Gasteiger partial charge in [0.2, 0.25) is 0 Å². The Morgan fingerprint density at radius 3 is 2.61 bits per heavy atom. The van der Waals surface area contributed by atoms with E-state index in [-0.39, 0.29) is 11.3 Å². The fourth-order valence-corrected chi connectivity index (χ4v) is 7.16. The minimum Gasteiger partial charge on any atom is -0.493 e. The largest absolute Gasteiger partial charge is 0.493 e. The number of anilines is 1. The van der Waals surface area contributed by atoms with Gasteiger partial charge in [-0.25, -0.2) is 4.79 Å². The van der Waals surface area contributed by atoms with Gasteiger partial charge in [0.15, 0.2) is 11.5 Å². The molecule has 0 fully saturated rings. The molecule has 0 spiro atoms. The summed E-state index contributed by atoms with van der Waals surface area (Å²) in [5.41, 5.74) is 4.59. The summed E-state index contributed by atoms with van der Waals surface area (Å²) >= 11 is 5.26. The number of thiophene rings is 1. The molecule has 2 N–H and O–H groups in total. The van der Waals surface area contributed by atoms with Crippen molar-refractivity contribution in [1.29, 1.82) is 0 Å². The van der Waals surface area contributed by atoms with E-state index in [1.165, 1.54) is 17.6 Å². The fourth-order valence-electron chi connectivity index (χ4n) is 5.27. The predicted octanol–water partition coefficient (Wildman–Crippen LogP) is 7.44. The average molecular weight is 598 g/mol. The summed E-state index contributed by atoms with van der Waals surface area (Å²) in [6, 6.07) is 10.8. The standard InChI is InChI=1S/C30H33BrN2O4S/c1-6-30(3,4)19-11-12-20-23(15-19)38-28-24(20)27(34)32-26(33-28)18-13-21(31)25(22(14-18)36-5)37-29(35)17-9-7-16(2)8-10-17/h7-10,13-14,19,26,33H,6,11-12,15H2,1-5H3,(H,32,34)/t19-,26-/m1/s1. The van der Waals surface area contributed by atoms with Crippen LogP contribution in [0.1, 0.15) is 82.1 Å². The van der Waals surface area contributed by atoms with Crippen molar-refractivity contribution in [3.63, 3.8) is 0 Å². The van der Waals surface area contributed by atoms with E-state index in [2.05, 4.69) is 47.3 Å². The molecule has 2 aliphatic rings. The van der Waals surface area contributed by atoms with Crippen molar-refractivity contribution in [2.75, 3.05) is 12.4 Å². The number of halogens is 1. The Balaban J connectivity index is 1.39. The van der Waals surface area contributed by atoms with Crippen LogP contribution in [0.2, 0.25) is 0 Å². The maximum absolute atomic E-state index is 13.3. The Kier molecular flexibility index (Phi) is 7.31. The first-order chi connectivity index (χ1) is 18.1. The van der Waals surface area contributed by atoms with E-state index >= 15 is 0 Å². The van der Waals surface area contributed by atoms with E-state index in [9.17, 15) is 9.59 Å². The van der Waals surface area contributed by atoms with E-state index in [1.807, 2.05) is 25.1 Å². The number of rotatable bonds is 6. The van der Waals surface area contributed by atoms with Crippen LogP contribution < -0.4 is 20.1 Å². The molecule has 200 valence electrons. The molecule has 0 bridgehead atoms. The zero-order valence-electron chi connectivity index (χ0n) is 22.4. The van der Waals surface area contributed by atoms with Crippen LogP contribution in [-0.4, -0.2) is 19.0 Å². The van der Waals surface area contributed by atoms with E-state index in [0.29, 0.717) is 27.5 Å². The summed E-state index contributed by atoms with van der Waals surface area (Å²) in [4.78, 5) is 27.4.